The van der Waals surface area contributed by atoms with Crippen LogP contribution in [0.3, 0.4) is 0 Å². The molecule has 2 N–H and O–H groups in total. The molecule has 0 saturated heterocycles. The number of hydrogen-bond donors (Lipinski definition) is 2. The van der Waals surface area contributed by atoms with Crippen molar-refractivity contribution in [2.45, 2.75) is 0 Å². The van der Waals surface area contributed by atoms with Crippen molar-refractivity contribution in [2.24, 2.45) is 0 Å². The molecule has 166 valence electrons. The molecule has 0 heterocycles. The van der Waals surface area contributed by atoms with Gasteiger partial charge in [0.25, 0.3) is 0 Å². The molecule has 0 saturated carbocycles. The average molecular weight is 600 g/mol. The maximum Gasteiger partial charge on any atom is 0.0955 e. The fourth-order valence-corrected chi connectivity index (χ4v) is 3.07. The molecule has 0 aromatic heterocycles. The second-order valence-corrected chi connectivity index (χ2v) is 6.72. The molecule has 2 aromatic carbocycles. The van der Waals surface area contributed by atoms with Crippen LogP contribution in [0.1, 0.15) is 48.3 Å². The predicted molar refractivity (Wildman–Crippen MR) is 115 cm³/mol. The molecular formula is C22H26N4O4Y2-2. The summed E-state index contributed by atoms with van der Waals surface area (Å²) in [6.07, 6.45) is 0. The number of quaternary nitrogens is 2. The molecule has 1 aliphatic rings. The Labute approximate surface area is 256 Å². The van der Waals surface area contributed by atoms with Gasteiger partial charge in [-0.05, 0) is 23.3 Å². The van der Waals surface area contributed by atoms with E-state index in [0.29, 0.717) is 0 Å². The maximum absolute atomic E-state index is 13.5. The van der Waals surface area contributed by atoms with Crippen molar-refractivity contribution >= 4 is 22.9 Å². The smallest absolute Gasteiger partial charge is 0.0955 e. The summed E-state index contributed by atoms with van der Waals surface area (Å²) >= 11 is 0. The number of nitrogens with one attached hydrogen (secondary N) is 2. The topological polar surface area (TPSA) is 104 Å². The summed E-state index contributed by atoms with van der Waals surface area (Å²) in [5.41, 5.74) is -0.913. The third-order valence-corrected chi connectivity index (χ3v) is 4.39. The van der Waals surface area contributed by atoms with Gasteiger partial charge in [-0.1, -0.05) is 0 Å². The molecular weight excluding hydrogens is 562 g/mol. The van der Waals surface area contributed by atoms with E-state index < -0.39 is 74.9 Å². The molecule has 2 aromatic rings. The number of rotatable bonds is 8. The van der Waals surface area contributed by atoms with Crippen molar-refractivity contribution in [3.05, 3.63) is 69.1 Å². The van der Waals surface area contributed by atoms with Gasteiger partial charge >= 0.3 is 0 Å². The van der Waals surface area contributed by atoms with Crippen molar-refractivity contribution in [1.29, 1.82) is 0 Å². The molecule has 0 fully saturated rings. The molecule has 0 aliphatic heterocycles. The van der Waals surface area contributed by atoms with E-state index in [2.05, 4.69) is 22.8 Å². The number of anilines is 2. The van der Waals surface area contributed by atoms with Crippen molar-refractivity contribution < 1.29 is 101 Å². The van der Waals surface area contributed by atoms with E-state index in [4.69, 9.17) is 16.4 Å². The van der Waals surface area contributed by atoms with Gasteiger partial charge in [-0.25, -0.2) is 24.3 Å². The summed E-state index contributed by atoms with van der Waals surface area (Å²) in [5.74, 6) is -1.45. The van der Waals surface area contributed by atoms with E-state index in [1.807, 2.05) is 0 Å². The second-order valence-electron chi connectivity index (χ2n) is 6.72. The standard InChI is InChI=1S/C22H26N4O4.2Y/c1-25(2,29)13-11-23-17-9-10-18(24-12-14-26(3,4)30)20-19(17)21(27)15-7-5-6-8-16(15)22(20)28;;/h5-6,9-10,23-24H,11-14H2,1-4H3;;/q-2;;/i1D3,2D3,3D3,4D3;;. The summed E-state index contributed by atoms with van der Waals surface area (Å²) in [4.78, 5) is 27.0. The molecule has 0 atom stereocenters. The Morgan fingerprint density at radius 1 is 0.812 bits per heavy atom. The van der Waals surface area contributed by atoms with Crippen LogP contribution >= 0.6 is 0 Å². The van der Waals surface area contributed by atoms with E-state index in [1.54, 1.807) is 0 Å². The Kier molecular flexibility index (Phi) is 5.65. The Hall–Kier alpha value is -0.572. The predicted octanol–water partition coefficient (Wildman–Crippen LogP) is 2.03. The van der Waals surface area contributed by atoms with Gasteiger partial charge in [-0.15, -0.1) is 0 Å². The first kappa shape index (κ1) is 15.4. The number of carbonyl (C=O) groups is 2. The first-order chi connectivity index (χ1) is 19.0. The zero-order valence-corrected chi connectivity index (χ0v) is 22.5. The van der Waals surface area contributed by atoms with Gasteiger partial charge in [0, 0.05) is 76.8 Å². The van der Waals surface area contributed by atoms with Crippen LogP contribution in [0, 0.1) is 22.5 Å². The maximum atomic E-state index is 13.5. The van der Waals surface area contributed by atoms with Crippen molar-refractivity contribution in [3.8, 4) is 0 Å². The van der Waals surface area contributed by atoms with E-state index in [1.165, 1.54) is 24.3 Å². The first-order valence-corrected chi connectivity index (χ1v) is 8.83. The van der Waals surface area contributed by atoms with Crippen LogP contribution in [-0.4, -0.2) is 74.9 Å². The number of hydrogen-bond acceptors (Lipinski definition) is 6. The molecule has 8 nitrogen and oxygen atoms in total. The Balaban J connectivity index is 0.00000484. The fourth-order valence-electron chi connectivity index (χ4n) is 3.07. The molecule has 10 heteroatoms. The Bertz CT molecular complexity index is 1250. The van der Waals surface area contributed by atoms with Crippen LogP contribution < -0.4 is 10.6 Å². The van der Waals surface area contributed by atoms with Gasteiger partial charge in [0.05, 0.1) is 82.1 Å². The minimum Gasteiger partial charge on any atom is -0.633 e. The summed E-state index contributed by atoms with van der Waals surface area (Å²) in [6.45, 7) is -16.8. The minimum absolute atomic E-state index is 0. The third-order valence-electron chi connectivity index (χ3n) is 4.39. The normalized spacial score (nSPS) is 19.9. The van der Waals surface area contributed by atoms with Crippen LogP contribution in [0.2, 0.25) is 0 Å². The zero-order chi connectivity index (χ0) is 32.1. The number of carbonyl (C=O) groups excluding carboxylic acids is 2. The Morgan fingerprint density at radius 3 is 1.53 bits per heavy atom. The molecule has 0 amide bonds. The van der Waals surface area contributed by atoms with Gasteiger partial charge in [0.2, 0.25) is 0 Å². The fraction of sp³-hybridized carbons (Fsp3) is 0.364. The third kappa shape index (κ3) is 7.21. The van der Waals surface area contributed by atoms with Crippen LogP contribution in [0.5, 0.6) is 0 Å². The number of benzene rings is 2. The Morgan fingerprint density at radius 2 is 1.19 bits per heavy atom. The van der Waals surface area contributed by atoms with Gasteiger partial charge in [-0.3, -0.25) is 0 Å². The average Bonchev–Trinajstić information content (AvgIpc) is 2.84. The number of ketones is 2. The monoisotopic (exact) mass is 600 g/mol. The molecule has 0 spiro atoms. The van der Waals surface area contributed by atoms with E-state index in [0.717, 1.165) is 0 Å². The molecule has 0 bridgehead atoms. The van der Waals surface area contributed by atoms with Crippen molar-refractivity contribution in [1.82, 2.24) is 0 Å². The number of nitrogens with zero attached hydrogens (tertiary/aromatic N) is 2. The molecule has 2 radical (unpaired) electrons. The largest absolute Gasteiger partial charge is 0.633 e. The van der Waals surface area contributed by atoms with Gasteiger partial charge in [0.15, 0.2) is 0 Å². The summed E-state index contributed by atoms with van der Waals surface area (Å²) < 4.78 is 84.0. The first-order valence-electron chi connectivity index (χ1n) is 14.8. The summed E-state index contributed by atoms with van der Waals surface area (Å²) in [7, 11) is 0. The van der Waals surface area contributed by atoms with E-state index in [9.17, 15) is 20.0 Å². The summed E-state index contributed by atoms with van der Waals surface area (Å²) in [6, 6.07) is 10.5. The molecule has 1 aliphatic carbocycles. The number of likely N-dealkylation sites (N-methyl/N-ethyl adjacent to an activating group) is 2. The molecule has 3 rings (SSSR count). The van der Waals surface area contributed by atoms with Gasteiger partial charge in [0.1, 0.15) is 0 Å². The quantitative estimate of drug-likeness (QED) is 0.233. The van der Waals surface area contributed by atoms with Gasteiger partial charge < -0.3 is 39.9 Å². The molecule has 32 heavy (non-hydrogen) atoms. The van der Waals surface area contributed by atoms with Crippen LogP contribution in [0.25, 0.3) is 0 Å². The van der Waals surface area contributed by atoms with Crippen LogP contribution in [-0.2, 0) is 65.4 Å². The summed E-state index contributed by atoms with van der Waals surface area (Å²) in [5, 5.41) is 31.0. The van der Waals surface area contributed by atoms with Crippen molar-refractivity contribution in [2.75, 3.05) is 64.7 Å². The SMILES string of the molecule is [2H]C([2H])([2H])[N+]([O-])(CCNc1ccc(NCC[N+]([O-])(C([2H])([2H])[2H])C([2H])([2H])[2H])c2c1C(=O)c1[c-]cc[c-]c1C2=O)C([2H])([2H])[2H].[Y].[Y]. The number of hydroxylamine groups is 6. The number of fused-ring (bicyclic) bond motifs is 2. The van der Waals surface area contributed by atoms with E-state index in [-0.39, 0.29) is 99.0 Å². The van der Waals surface area contributed by atoms with Crippen LogP contribution in [0.4, 0.5) is 11.4 Å². The van der Waals surface area contributed by atoms with E-state index >= 15 is 0 Å². The van der Waals surface area contributed by atoms with Crippen molar-refractivity contribution in [3.63, 3.8) is 0 Å². The second kappa shape index (κ2) is 11.7. The molecule has 0 unspecified atom stereocenters. The van der Waals surface area contributed by atoms with Crippen LogP contribution in [0.15, 0.2) is 24.3 Å². The minimum atomic E-state index is -3.45. The van der Waals surface area contributed by atoms with Gasteiger partial charge in [-0.2, -0.15) is 11.1 Å². The zero-order valence-electron chi connectivity index (χ0n) is 28.8.